The van der Waals surface area contributed by atoms with Crippen molar-refractivity contribution in [3.8, 4) is 5.75 Å². The second-order valence-corrected chi connectivity index (χ2v) is 5.86. The molecule has 0 radical (unpaired) electrons. The van der Waals surface area contributed by atoms with Gasteiger partial charge in [-0.2, -0.15) is 0 Å². The summed E-state index contributed by atoms with van der Waals surface area (Å²) in [5.74, 6) is 0.171. The third kappa shape index (κ3) is 4.60. The van der Waals surface area contributed by atoms with Crippen LogP contribution in [-0.4, -0.2) is 13.1 Å². The lowest BCUT2D eigenvalue weighted by molar-refractivity contribution is -0.136. The van der Waals surface area contributed by atoms with E-state index < -0.39 is 5.97 Å². The Morgan fingerprint density at radius 1 is 1.26 bits per heavy atom. The highest BCUT2D eigenvalue weighted by molar-refractivity contribution is 9.10. The molecule has 0 amide bonds. The number of nitrogens with two attached hydrogens (primary N) is 1. The molecule has 0 aliphatic carbocycles. The summed E-state index contributed by atoms with van der Waals surface area (Å²) in [6, 6.07) is 13.7. The van der Waals surface area contributed by atoms with Gasteiger partial charge in [0.15, 0.2) is 0 Å². The van der Waals surface area contributed by atoms with Gasteiger partial charge in [-0.1, -0.05) is 46.3 Å². The van der Waals surface area contributed by atoms with Gasteiger partial charge in [0.1, 0.15) is 18.1 Å². The predicted molar refractivity (Wildman–Crippen MR) is 93.8 cm³/mol. The van der Waals surface area contributed by atoms with Crippen LogP contribution in [0.5, 0.6) is 5.75 Å². The van der Waals surface area contributed by atoms with Gasteiger partial charge in [-0.05, 0) is 41.8 Å². The summed E-state index contributed by atoms with van der Waals surface area (Å²) in [6.07, 6.45) is 1.56. The highest BCUT2D eigenvalue weighted by Crippen LogP contribution is 2.29. The van der Waals surface area contributed by atoms with Crippen LogP contribution in [0.25, 0.3) is 6.08 Å². The number of hydrogen-bond acceptors (Lipinski definition) is 4. The standard InChI is InChI=1S/C18H18BrNO3/c1-12-8-15(19)14(9-16(20)18(21)22-2)10-17(12)23-11-13-6-4-3-5-7-13/h3-10H,11,20H2,1-2H3/b16-9-. The van der Waals surface area contributed by atoms with Crippen molar-refractivity contribution < 1.29 is 14.3 Å². The van der Waals surface area contributed by atoms with Crippen LogP contribution in [0.1, 0.15) is 16.7 Å². The molecule has 4 nitrogen and oxygen atoms in total. The number of methoxy groups -OCH3 is 1. The number of hydrogen-bond donors (Lipinski definition) is 1. The fourth-order valence-corrected chi connectivity index (χ4v) is 2.59. The molecule has 2 rings (SSSR count). The number of carbonyl (C=O) groups is 1. The minimum Gasteiger partial charge on any atom is -0.489 e. The van der Waals surface area contributed by atoms with Gasteiger partial charge in [-0.3, -0.25) is 0 Å². The fraction of sp³-hybridized carbons (Fsp3) is 0.167. The minimum absolute atomic E-state index is 0.0334. The average Bonchev–Trinajstić information content (AvgIpc) is 2.56. The maximum atomic E-state index is 11.4. The normalized spacial score (nSPS) is 11.2. The molecule has 0 aliphatic heterocycles. The van der Waals surface area contributed by atoms with Crippen LogP contribution in [0.3, 0.4) is 0 Å². The molecule has 0 aromatic heterocycles. The zero-order valence-corrected chi connectivity index (χ0v) is 14.6. The van der Waals surface area contributed by atoms with E-state index >= 15 is 0 Å². The molecule has 2 aromatic carbocycles. The molecule has 120 valence electrons. The van der Waals surface area contributed by atoms with Crippen molar-refractivity contribution in [2.75, 3.05) is 7.11 Å². The van der Waals surface area contributed by atoms with Crippen molar-refractivity contribution in [1.82, 2.24) is 0 Å². The highest BCUT2D eigenvalue weighted by atomic mass is 79.9. The number of carbonyl (C=O) groups excluding carboxylic acids is 1. The first-order valence-corrected chi connectivity index (χ1v) is 7.83. The van der Waals surface area contributed by atoms with Crippen molar-refractivity contribution in [1.29, 1.82) is 0 Å². The summed E-state index contributed by atoms with van der Waals surface area (Å²) in [7, 11) is 1.29. The number of esters is 1. The van der Waals surface area contributed by atoms with Crippen molar-refractivity contribution in [2.45, 2.75) is 13.5 Å². The lowest BCUT2D eigenvalue weighted by atomic mass is 10.1. The summed E-state index contributed by atoms with van der Waals surface area (Å²) in [5.41, 5.74) is 8.56. The Hall–Kier alpha value is -2.27. The third-order valence-electron chi connectivity index (χ3n) is 3.26. The Kier molecular flexibility index (Phi) is 5.82. The van der Waals surface area contributed by atoms with Crippen LogP contribution < -0.4 is 10.5 Å². The Morgan fingerprint density at radius 2 is 1.96 bits per heavy atom. The largest absolute Gasteiger partial charge is 0.489 e. The summed E-state index contributed by atoms with van der Waals surface area (Å²) >= 11 is 3.47. The van der Waals surface area contributed by atoms with Crippen LogP contribution in [-0.2, 0) is 16.1 Å². The van der Waals surface area contributed by atoms with E-state index in [2.05, 4.69) is 20.7 Å². The number of rotatable bonds is 5. The van der Waals surface area contributed by atoms with Crippen molar-refractivity contribution in [3.63, 3.8) is 0 Å². The van der Waals surface area contributed by atoms with Gasteiger partial charge in [-0.15, -0.1) is 0 Å². The smallest absolute Gasteiger partial charge is 0.353 e. The van der Waals surface area contributed by atoms with E-state index in [4.69, 9.17) is 10.5 Å². The SMILES string of the molecule is COC(=O)/C(N)=C/c1cc(OCc2ccccc2)c(C)cc1Br. The van der Waals surface area contributed by atoms with Crippen molar-refractivity contribution in [3.05, 3.63) is 69.3 Å². The first kappa shape index (κ1) is 17.1. The molecular weight excluding hydrogens is 358 g/mol. The van der Waals surface area contributed by atoms with Gasteiger partial charge < -0.3 is 15.2 Å². The Morgan fingerprint density at radius 3 is 2.61 bits per heavy atom. The lowest BCUT2D eigenvalue weighted by Gasteiger charge is -2.12. The number of ether oxygens (including phenoxy) is 2. The van der Waals surface area contributed by atoms with Gasteiger partial charge in [0.25, 0.3) is 0 Å². The second kappa shape index (κ2) is 7.83. The molecule has 0 saturated heterocycles. The van der Waals surface area contributed by atoms with Gasteiger partial charge >= 0.3 is 5.97 Å². The zero-order valence-electron chi connectivity index (χ0n) is 13.0. The van der Waals surface area contributed by atoms with Gasteiger partial charge in [0.05, 0.1) is 7.11 Å². The Labute approximate surface area is 144 Å². The van der Waals surface area contributed by atoms with Gasteiger partial charge in [-0.25, -0.2) is 4.79 Å². The molecule has 5 heteroatoms. The van der Waals surface area contributed by atoms with Crippen LogP contribution >= 0.6 is 15.9 Å². The van der Waals surface area contributed by atoms with E-state index in [1.807, 2.05) is 49.4 Å². The van der Waals surface area contributed by atoms with E-state index in [1.54, 1.807) is 6.08 Å². The quantitative estimate of drug-likeness (QED) is 0.637. The predicted octanol–water partition coefficient (Wildman–Crippen LogP) is 3.81. The van der Waals surface area contributed by atoms with E-state index in [0.29, 0.717) is 6.61 Å². The molecular formula is C18H18BrNO3. The lowest BCUT2D eigenvalue weighted by Crippen LogP contribution is -2.12. The summed E-state index contributed by atoms with van der Waals surface area (Å²) < 4.78 is 11.3. The molecule has 0 atom stereocenters. The van der Waals surface area contributed by atoms with Crippen molar-refractivity contribution in [2.24, 2.45) is 5.73 Å². The maximum Gasteiger partial charge on any atom is 0.353 e. The zero-order chi connectivity index (χ0) is 16.8. The molecule has 0 bridgehead atoms. The molecule has 23 heavy (non-hydrogen) atoms. The van der Waals surface area contributed by atoms with E-state index in [1.165, 1.54) is 7.11 Å². The Balaban J connectivity index is 2.24. The Bertz CT molecular complexity index is 727. The fourth-order valence-electron chi connectivity index (χ4n) is 2.01. The van der Waals surface area contributed by atoms with Crippen LogP contribution in [0.2, 0.25) is 0 Å². The van der Waals surface area contributed by atoms with E-state index in [-0.39, 0.29) is 5.70 Å². The summed E-state index contributed by atoms with van der Waals surface area (Å²) in [6.45, 7) is 2.43. The van der Waals surface area contributed by atoms with Gasteiger partial charge in [0, 0.05) is 4.47 Å². The molecule has 2 N–H and O–H groups in total. The second-order valence-electron chi connectivity index (χ2n) is 5.00. The molecule has 0 saturated carbocycles. The molecule has 0 aliphatic rings. The number of halogens is 1. The average molecular weight is 376 g/mol. The first-order chi connectivity index (χ1) is 11.0. The van der Waals surface area contributed by atoms with E-state index in [0.717, 1.165) is 26.9 Å². The van der Waals surface area contributed by atoms with Crippen LogP contribution in [0.15, 0.2) is 52.6 Å². The summed E-state index contributed by atoms with van der Waals surface area (Å²) in [5, 5.41) is 0. The number of aryl methyl sites for hydroxylation is 1. The summed E-state index contributed by atoms with van der Waals surface area (Å²) in [4.78, 5) is 11.4. The minimum atomic E-state index is -0.566. The topological polar surface area (TPSA) is 61.5 Å². The van der Waals surface area contributed by atoms with Crippen molar-refractivity contribution >= 4 is 28.0 Å². The number of benzene rings is 2. The van der Waals surface area contributed by atoms with Crippen LogP contribution in [0, 0.1) is 6.92 Å². The van der Waals surface area contributed by atoms with Gasteiger partial charge in [0.2, 0.25) is 0 Å². The van der Waals surface area contributed by atoms with E-state index in [9.17, 15) is 4.79 Å². The first-order valence-electron chi connectivity index (χ1n) is 7.03. The maximum absolute atomic E-state index is 11.4. The molecule has 0 fully saturated rings. The molecule has 0 unspecified atom stereocenters. The molecule has 2 aromatic rings. The monoisotopic (exact) mass is 375 g/mol. The molecule has 0 heterocycles. The third-order valence-corrected chi connectivity index (χ3v) is 3.95. The highest BCUT2D eigenvalue weighted by Gasteiger charge is 2.09. The molecule has 0 spiro atoms. The van der Waals surface area contributed by atoms with Crippen LogP contribution in [0.4, 0.5) is 0 Å².